The number of hydrogen-bond acceptors (Lipinski definition) is 5. The van der Waals surface area contributed by atoms with E-state index in [4.69, 9.17) is 0 Å². The van der Waals surface area contributed by atoms with Crippen LogP contribution in [0.2, 0.25) is 0 Å². The van der Waals surface area contributed by atoms with Gasteiger partial charge in [0.05, 0.1) is 12.2 Å². The van der Waals surface area contributed by atoms with E-state index >= 15 is 0 Å². The summed E-state index contributed by atoms with van der Waals surface area (Å²) in [6.45, 7) is 5.09. The highest BCUT2D eigenvalue weighted by molar-refractivity contribution is 7.98. The zero-order chi connectivity index (χ0) is 17.0. The maximum atomic E-state index is 4.61. The lowest BCUT2D eigenvalue weighted by atomic mass is 10.3. The third-order valence-electron chi connectivity index (χ3n) is 3.38. The van der Waals surface area contributed by atoms with Crippen molar-refractivity contribution < 1.29 is 0 Å². The van der Waals surface area contributed by atoms with Crippen molar-refractivity contribution in [3.05, 3.63) is 42.2 Å². The summed E-state index contributed by atoms with van der Waals surface area (Å²) in [4.78, 5) is 8.91. The highest BCUT2D eigenvalue weighted by atomic mass is 32.2. The predicted octanol–water partition coefficient (Wildman–Crippen LogP) is 1.33. The summed E-state index contributed by atoms with van der Waals surface area (Å²) >= 11 is 1.81. The van der Waals surface area contributed by atoms with Gasteiger partial charge in [-0.3, -0.25) is 4.98 Å². The van der Waals surface area contributed by atoms with E-state index in [1.165, 1.54) is 0 Å². The van der Waals surface area contributed by atoms with Gasteiger partial charge in [0.25, 0.3) is 0 Å². The van der Waals surface area contributed by atoms with E-state index in [2.05, 4.69) is 48.6 Å². The molecule has 0 bridgehead atoms. The third-order valence-corrected chi connectivity index (χ3v) is 3.99. The van der Waals surface area contributed by atoms with Crippen molar-refractivity contribution in [2.45, 2.75) is 26.4 Å². The summed E-state index contributed by atoms with van der Waals surface area (Å²) in [5, 5.41) is 14.8. The number of aromatic nitrogens is 4. The van der Waals surface area contributed by atoms with E-state index in [9.17, 15) is 0 Å². The minimum Gasteiger partial charge on any atom is -0.356 e. The summed E-state index contributed by atoms with van der Waals surface area (Å²) in [5.41, 5.74) is 0.954. The molecule has 2 heterocycles. The van der Waals surface area contributed by atoms with E-state index in [0.717, 1.165) is 49.3 Å². The van der Waals surface area contributed by atoms with Crippen LogP contribution in [-0.4, -0.2) is 50.8 Å². The van der Waals surface area contributed by atoms with Gasteiger partial charge in [-0.25, -0.2) is 4.99 Å². The van der Waals surface area contributed by atoms with Gasteiger partial charge < -0.3 is 15.2 Å². The van der Waals surface area contributed by atoms with Gasteiger partial charge in [-0.05, 0) is 18.4 Å². The number of hydrogen-bond donors (Lipinski definition) is 2. The second-order valence-corrected chi connectivity index (χ2v) is 6.11. The molecule has 2 N–H and O–H groups in total. The van der Waals surface area contributed by atoms with Gasteiger partial charge in [-0.2, -0.15) is 11.8 Å². The molecule has 0 saturated heterocycles. The molecule has 0 spiro atoms. The maximum Gasteiger partial charge on any atom is 0.191 e. The molecule has 0 aliphatic rings. The normalized spacial score (nSPS) is 11.5. The molecule has 2 aromatic rings. The van der Waals surface area contributed by atoms with Gasteiger partial charge in [0.2, 0.25) is 0 Å². The van der Waals surface area contributed by atoms with Crippen LogP contribution in [0.4, 0.5) is 0 Å². The van der Waals surface area contributed by atoms with E-state index < -0.39 is 0 Å². The largest absolute Gasteiger partial charge is 0.356 e. The summed E-state index contributed by atoms with van der Waals surface area (Å²) in [6, 6.07) is 5.87. The molecule has 0 radical (unpaired) electrons. The van der Waals surface area contributed by atoms with Crippen molar-refractivity contribution in [2.75, 3.05) is 25.1 Å². The Morgan fingerprint density at radius 1 is 1.29 bits per heavy atom. The lowest BCUT2D eigenvalue weighted by molar-refractivity contribution is 0.632. The number of rotatable bonds is 9. The third kappa shape index (κ3) is 6.19. The van der Waals surface area contributed by atoms with Crippen molar-refractivity contribution in [1.29, 1.82) is 0 Å². The Hall–Kier alpha value is -2.09. The minimum atomic E-state index is 0.558. The fraction of sp³-hybridized carbons (Fsp3) is 0.500. The van der Waals surface area contributed by atoms with E-state index in [1.807, 2.05) is 18.2 Å². The summed E-state index contributed by atoms with van der Waals surface area (Å²) in [5.74, 6) is 2.84. The highest BCUT2D eigenvalue weighted by Gasteiger charge is 2.03. The number of thioether (sulfide) groups is 1. The molecule has 0 unspecified atom stereocenters. The van der Waals surface area contributed by atoms with Crippen molar-refractivity contribution in [2.24, 2.45) is 4.99 Å². The molecule has 0 amide bonds. The quantitative estimate of drug-likeness (QED) is 0.405. The van der Waals surface area contributed by atoms with Crippen molar-refractivity contribution in [3.63, 3.8) is 0 Å². The molecule has 0 fully saturated rings. The van der Waals surface area contributed by atoms with Gasteiger partial charge in [0.1, 0.15) is 12.2 Å². The first-order valence-corrected chi connectivity index (χ1v) is 9.50. The number of nitrogens with one attached hydrogen (secondary N) is 2. The molecular weight excluding hydrogens is 322 g/mol. The molecule has 130 valence electrons. The fourth-order valence-electron chi connectivity index (χ4n) is 2.13. The van der Waals surface area contributed by atoms with Crippen molar-refractivity contribution in [3.8, 4) is 0 Å². The second-order valence-electron chi connectivity index (χ2n) is 5.13. The number of nitrogens with zero attached hydrogens (tertiary/aromatic N) is 5. The maximum absolute atomic E-state index is 4.61. The van der Waals surface area contributed by atoms with Crippen LogP contribution in [0.3, 0.4) is 0 Å². The first-order chi connectivity index (χ1) is 11.8. The molecule has 2 rings (SSSR count). The van der Waals surface area contributed by atoms with E-state index in [-0.39, 0.29) is 0 Å². The Morgan fingerprint density at radius 2 is 2.17 bits per heavy atom. The van der Waals surface area contributed by atoms with Crippen molar-refractivity contribution >= 4 is 17.7 Å². The Kier molecular flexibility index (Phi) is 8.09. The molecule has 24 heavy (non-hydrogen) atoms. The number of pyridine rings is 1. The second kappa shape index (κ2) is 10.6. The SMILES string of the molecule is CCc1nncn1CCNC(=NCc1ccccn1)NCCSC. The van der Waals surface area contributed by atoms with E-state index in [1.54, 1.807) is 24.3 Å². The van der Waals surface area contributed by atoms with Gasteiger partial charge >= 0.3 is 0 Å². The molecule has 0 aromatic carbocycles. The van der Waals surface area contributed by atoms with Crippen LogP contribution in [-0.2, 0) is 19.5 Å². The topological polar surface area (TPSA) is 80.0 Å². The molecule has 7 nitrogen and oxygen atoms in total. The Labute approximate surface area is 147 Å². The van der Waals surface area contributed by atoms with Crippen LogP contribution in [0.25, 0.3) is 0 Å². The predicted molar refractivity (Wildman–Crippen MR) is 99.2 cm³/mol. The monoisotopic (exact) mass is 347 g/mol. The van der Waals surface area contributed by atoms with Gasteiger partial charge in [0, 0.05) is 38.0 Å². The number of aliphatic imine (C=N–C) groups is 1. The summed E-state index contributed by atoms with van der Waals surface area (Å²) < 4.78 is 2.06. The zero-order valence-electron chi connectivity index (χ0n) is 14.3. The molecular formula is C16H25N7S. The van der Waals surface area contributed by atoms with Gasteiger partial charge in [-0.15, -0.1) is 10.2 Å². The highest BCUT2D eigenvalue weighted by Crippen LogP contribution is 1.97. The smallest absolute Gasteiger partial charge is 0.191 e. The van der Waals surface area contributed by atoms with Gasteiger partial charge in [0.15, 0.2) is 5.96 Å². The lowest BCUT2D eigenvalue weighted by Crippen LogP contribution is -2.40. The first kappa shape index (κ1) is 18.3. The summed E-state index contributed by atoms with van der Waals surface area (Å²) in [6.07, 6.45) is 6.54. The Morgan fingerprint density at radius 3 is 2.92 bits per heavy atom. The molecule has 0 saturated carbocycles. The average Bonchev–Trinajstić information content (AvgIpc) is 3.08. The Bertz CT molecular complexity index is 612. The molecule has 8 heteroatoms. The fourth-order valence-corrected chi connectivity index (χ4v) is 2.44. The van der Waals surface area contributed by atoms with Crippen LogP contribution >= 0.6 is 11.8 Å². The lowest BCUT2D eigenvalue weighted by Gasteiger charge is -2.13. The first-order valence-electron chi connectivity index (χ1n) is 8.11. The van der Waals surface area contributed by atoms with Crippen LogP contribution in [0.1, 0.15) is 18.4 Å². The van der Waals surface area contributed by atoms with Crippen molar-refractivity contribution in [1.82, 2.24) is 30.4 Å². The van der Waals surface area contributed by atoms with Crippen LogP contribution in [0, 0.1) is 0 Å². The molecule has 0 aliphatic heterocycles. The summed E-state index contributed by atoms with van der Waals surface area (Å²) in [7, 11) is 0. The number of aryl methyl sites for hydroxylation is 1. The zero-order valence-corrected chi connectivity index (χ0v) is 15.1. The molecule has 2 aromatic heterocycles. The molecule has 0 aliphatic carbocycles. The van der Waals surface area contributed by atoms with Crippen LogP contribution in [0.15, 0.2) is 35.7 Å². The van der Waals surface area contributed by atoms with E-state index in [0.29, 0.717) is 6.54 Å². The van der Waals surface area contributed by atoms with Crippen LogP contribution < -0.4 is 10.6 Å². The molecule has 0 atom stereocenters. The Balaban J connectivity index is 1.87. The van der Waals surface area contributed by atoms with Crippen LogP contribution in [0.5, 0.6) is 0 Å². The standard InChI is InChI=1S/C16H25N7S/c1-3-15-22-21-13-23(15)10-8-18-16(19-9-11-24-2)20-12-14-6-4-5-7-17-14/h4-7,13H,3,8-12H2,1-2H3,(H2,18,19,20). The minimum absolute atomic E-state index is 0.558. The average molecular weight is 347 g/mol. The number of guanidine groups is 1. The van der Waals surface area contributed by atoms with Gasteiger partial charge in [-0.1, -0.05) is 13.0 Å².